The number of rotatable bonds is 3. The van der Waals surface area contributed by atoms with Crippen molar-refractivity contribution in [1.29, 1.82) is 0 Å². The third-order valence-corrected chi connectivity index (χ3v) is 3.22. The Hall–Kier alpha value is -1.69. The number of aromatic nitrogens is 2. The van der Waals surface area contributed by atoms with Crippen LogP contribution < -0.4 is 10.6 Å². The van der Waals surface area contributed by atoms with Crippen LogP contribution in [0.3, 0.4) is 0 Å². The Labute approximate surface area is 107 Å². The molecule has 1 amide bonds. The summed E-state index contributed by atoms with van der Waals surface area (Å²) in [5.74, 6) is 0.917. The number of piperazine rings is 1. The van der Waals surface area contributed by atoms with Gasteiger partial charge in [0.25, 0.3) is 0 Å². The molecule has 6 nitrogen and oxygen atoms in total. The molecule has 2 heterocycles. The minimum Gasteiger partial charge on any atom is -0.352 e. The van der Waals surface area contributed by atoms with Crippen LogP contribution in [0.5, 0.6) is 0 Å². The number of nitrogens with zero attached hydrogens (tertiary/aromatic N) is 4. The first-order chi connectivity index (χ1) is 8.72. The Kier molecular flexibility index (Phi) is 4.09. The Morgan fingerprint density at radius 2 is 2.11 bits per heavy atom. The third kappa shape index (κ3) is 2.76. The van der Waals surface area contributed by atoms with Gasteiger partial charge in [0.1, 0.15) is 5.82 Å². The molecule has 18 heavy (non-hydrogen) atoms. The van der Waals surface area contributed by atoms with E-state index in [1.165, 1.54) is 0 Å². The van der Waals surface area contributed by atoms with Crippen molar-refractivity contribution in [3.63, 3.8) is 0 Å². The van der Waals surface area contributed by atoms with Crippen LogP contribution >= 0.6 is 0 Å². The zero-order valence-electron chi connectivity index (χ0n) is 10.6. The fourth-order valence-electron chi connectivity index (χ4n) is 2.02. The Morgan fingerprint density at radius 3 is 2.67 bits per heavy atom. The maximum Gasteiger partial charge on any atom is 0.239 e. The van der Waals surface area contributed by atoms with Crippen molar-refractivity contribution in [3.05, 3.63) is 18.6 Å². The molecule has 0 radical (unpaired) electrons. The van der Waals surface area contributed by atoms with Gasteiger partial charge < -0.3 is 15.5 Å². The molecule has 1 aliphatic heterocycles. The summed E-state index contributed by atoms with van der Waals surface area (Å²) in [7, 11) is 0. The maximum atomic E-state index is 11.9. The van der Waals surface area contributed by atoms with E-state index in [0.29, 0.717) is 19.5 Å². The molecule has 1 saturated heterocycles. The van der Waals surface area contributed by atoms with Crippen molar-refractivity contribution in [1.82, 2.24) is 14.9 Å². The van der Waals surface area contributed by atoms with E-state index in [0.717, 1.165) is 18.9 Å². The highest BCUT2D eigenvalue weighted by Crippen LogP contribution is 2.12. The van der Waals surface area contributed by atoms with Gasteiger partial charge in [-0.3, -0.25) is 9.78 Å². The predicted molar refractivity (Wildman–Crippen MR) is 69.1 cm³/mol. The molecule has 98 valence electrons. The van der Waals surface area contributed by atoms with Crippen molar-refractivity contribution in [2.45, 2.75) is 19.4 Å². The van der Waals surface area contributed by atoms with Crippen molar-refractivity contribution in [2.24, 2.45) is 5.73 Å². The van der Waals surface area contributed by atoms with Gasteiger partial charge in [0, 0.05) is 38.6 Å². The summed E-state index contributed by atoms with van der Waals surface area (Å²) < 4.78 is 0. The van der Waals surface area contributed by atoms with Gasteiger partial charge >= 0.3 is 0 Å². The van der Waals surface area contributed by atoms with Gasteiger partial charge in [-0.2, -0.15) is 0 Å². The standard InChI is InChI=1S/C12H19N5O/c1-2-10(13)12(18)17-7-5-16(6-8-17)11-9-14-3-4-15-11/h3-4,9-10H,2,5-8,13H2,1H3. The first kappa shape index (κ1) is 12.8. The number of hydrogen-bond donors (Lipinski definition) is 1. The zero-order valence-corrected chi connectivity index (χ0v) is 10.6. The van der Waals surface area contributed by atoms with Gasteiger partial charge in [-0.05, 0) is 6.42 Å². The van der Waals surface area contributed by atoms with Gasteiger partial charge in [0.15, 0.2) is 0 Å². The second-order valence-electron chi connectivity index (χ2n) is 4.39. The number of amides is 1. The quantitative estimate of drug-likeness (QED) is 0.807. The number of hydrogen-bond acceptors (Lipinski definition) is 5. The average molecular weight is 249 g/mol. The van der Waals surface area contributed by atoms with E-state index in [1.54, 1.807) is 18.6 Å². The molecule has 0 aromatic carbocycles. The number of nitrogens with two attached hydrogens (primary N) is 1. The van der Waals surface area contributed by atoms with Crippen LogP contribution in [-0.2, 0) is 4.79 Å². The molecule has 1 aliphatic rings. The lowest BCUT2D eigenvalue weighted by atomic mass is 10.2. The molecular weight excluding hydrogens is 230 g/mol. The minimum atomic E-state index is -0.368. The van der Waals surface area contributed by atoms with E-state index >= 15 is 0 Å². The monoisotopic (exact) mass is 249 g/mol. The topological polar surface area (TPSA) is 75.4 Å². The van der Waals surface area contributed by atoms with Crippen molar-refractivity contribution in [2.75, 3.05) is 31.1 Å². The molecule has 1 atom stereocenters. The number of anilines is 1. The third-order valence-electron chi connectivity index (χ3n) is 3.22. The summed E-state index contributed by atoms with van der Waals surface area (Å²) in [6.45, 7) is 4.88. The van der Waals surface area contributed by atoms with E-state index in [1.807, 2.05) is 11.8 Å². The highest BCUT2D eigenvalue weighted by Gasteiger charge is 2.24. The van der Waals surface area contributed by atoms with Crippen LogP contribution in [0.15, 0.2) is 18.6 Å². The van der Waals surface area contributed by atoms with Crippen molar-refractivity contribution >= 4 is 11.7 Å². The minimum absolute atomic E-state index is 0.0521. The van der Waals surface area contributed by atoms with Crippen LogP contribution in [-0.4, -0.2) is 53.0 Å². The summed E-state index contributed by atoms with van der Waals surface area (Å²) in [6, 6.07) is -0.368. The van der Waals surface area contributed by atoms with Gasteiger partial charge in [-0.25, -0.2) is 4.98 Å². The number of carbonyl (C=O) groups is 1. The fourth-order valence-corrected chi connectivity index (χ4v) is 2.02. The van der Waals surface area contributed by atoms with Crippen LogP contribution in [0.4, 0.5) is 5.82 Å². The lowest BCUT2D eigenvalue weighted by molar-refractivity contribution is -0.132. The highest BCUT2D eigenvalue weighted by atomic mass is 16.2. The molecule has 0 saturated carbocycles. The van der Waals surface area contributed by atoms with Gasteiger partial charge in [0.2, 0.25) is 5.91 Å². The van der Waals surface area contributed by atoms with Crippen molar-refractivity contribution < 1.29 is 4.79 Å². The first-order valence-corrected chi connectivity index (χ1v) is 6.27. The Morgan fingerprint density at radius 1 is 1.39 bits per heavy atom. The molecule has 2 N–H and O–H groups in total. The van der Waals surface area contributed by atoms with Crippen LogP contribution in [0.2, 0.25) is 0 Å². The molecular formula is C12H19N5O. The summed E-state index contributed by atoms with van der Waals surface area (Å²) in [5, 5.41) is 0. The van der Waals surface area contributed by atoms with E-state index in [9.17, 15) is 4.79 Å². The smallest absolute Gasteiger partial charge is 0.239 e. The SMILES string of the molecule is CCC(N)C(=O)N1CCN(c2cnccn2)CC1. The second-order valence-corrected chi connectivity index (χ2v) is 4.39. The largest absolute Gasteiger partial charge is 0.352 e. The molecule has 2 rings (SSSR count). The molecule has 6 heteroatoms. The molecule has 1 aromatic heterocycles. The lowest BCUT2D eigenvalue weighted by Crippen LogP contribution is -2.53. The zero-order chi connectivity index (χ0) is 13.0. The Balaban J connectivity index is 1.90. The Bertz CT molecular complexity index is 389. The van der Waals surface area contributed by atoms with E-state index in [4.69, 9.17) is 5.73 Å². The number of carbonyl (C=O) groups excluding carboxylic acids is 1. The van der Waals surface area contributed by atoms with Crippen LogP contribution in [0.1, 0.15) is 13.3 Å². The lowest BCUT2D eigenvalue weighted by Gasteiger charge is -2.36. The molecule has 1 unspecified atom stereocenters. The average Bonchev–Trinajstić information content (AvgIpc) is 2.47. The van der Waals surface area contributed by atoms with Gasteiger partial charge in [-0.1, -0.05) is 6.92 Å². The molecule has 0 aliphatic carbocycles. The summed E-state index contributed by atoms with van der Waals surface area (Å²) in [5.41, 5.74) is 5.77. The summed E-state index contributed by atoms with van der Waals surface area (Å²) in [6.07, 6.45) is 5.77. The van der Waals surface area contributed by atoms with E-state index in [2.05, 4.69) is 14.9 Å². The first-order valence-electron chi connectivity index (χ1n) is 6.27. The van der Waals surface area contributed by atoms with E-state index in [-0.39, 0.29) is 11.9 Å². The van der Waals surface area contributed by atoms with Gasteiger partial charge in [-0.15, -0.1) is 0 Å². The second kappa shape index (κ2) is 5.77. The molecule has 1 aromatic rings. The van der Waals surface area contributed by atoms with Crippen molar-refractivity contribution in [3.8, 4) is 0 Å². The maximum absolute atomic E-state index is 11.9. The molecule has 1 fully saturated rings. The van der Waals surface area contributed by atoms with Crippen LogP contribution in [0, 0.1) is 0 Å². The van der Waals surface area contributed by atoms with E-state index < -0.39 is 0 Å². The summed E-state index contributed by atoms with van der Waals surface area (Å²) >= 11 is 0. The summed E-state index contributed by atoms with van der Waals surface area (Å²) in [4.78, 5) is 24.2. The predicted octanol–water partition coefficient (Wildman–Crippen LogP) is -0.137. The fraction of sp³-hybridized carbons (Fsp3) is 0.583. The highest BCUT2D eigenvalue weighted by molar-refractivity contribution is 5.81. The molecule has 0 bridgehead atoms. The van der Waals surface area contributed by atoms with Gasteiger partial charge in [0.05, 0.1) is 12.2 Å². The normalized spacial score (nSPS) is 17.7. The van der Waals surface area contributed by atoms with Crippen LogP contribution in [0.25, 0.3) is 0 Å². The molecule has 0 spiro atoms.